The highest BCUT2D eigenvalue weighted by Gasteiger charge is 2.22. The average Bonchev–Trinajstić information content (AvgIpc) is 3.49. The van der Waals surface area contributed by atoms with E-state index in [4.69, 9.17) is 15.0 Å². The third-order valence-corrected chi connectivity index (χ3v) is 8.85. The molecule has 2 heterocycles. The van der Waals surface area contributed by atoms with Gasteiger partial charge in [-0.3, -0.25) is 0 Å². The minimum absolute atomic E-state index is 0.635. The van der Waals surface area contributed by atoms with Crippen LogP contribution in [0.2, 0.25) is 0 Å². The van der Waals surface area contributed by atoms with Crippen molar-refractivity contribution in [3.05, 3.63) is 170 Å². The Bertz CT molecular complexity index is 2440. The van der Waals surface area contributed by atoms with E-state index in [9.17, 15) is 0 Å². The molecule has 220 valence electrons. The highest BCUT2D eigenvalue weighted by atomic mass is 15.0. The van der Waals surface area contributed by atoms with Gasteiger partial charge in [0.2, 0.25) is 0 Å². The largest absolute Gasteiger partial charge is 0.309 e. The van der Waals surface area contributed by atoms with Crippen LogP contribution in [0.25, 0.3) is 83.6 Å². The molecule has 0 bridgehead atoms. The van der Waals surface area contributed by atoms with Gasteiger partial charge in [0.25, 0.3) is 0 Å². The number of benzene rings is 7. The lowest BCUT2D eigenvalue weighted by Gasteiger charge is -2.20. The summed E-state index contributed by atoms with van der Waals surface area (Å²) < 4.78 is 2.40. The van der Waals surface area contributed by atoms with Gasteiger partial charge in [0, 0.05) is 33.0 Å². The maximum atomic E-state index is 5.17. The zero-order valence-corrected chi connectivity index (χ0v) is 25.5. The van der Waals surface area contributed by atoms with Crippen molar-refractivity contribution in [2.45, 2.75) is 0 Å². The molecule has 0 saturated heterocycles. The van der Waals surface area contributed by atoms with Gasteiger partial charge < -0.3 is 4.57 Å². The van der Waals surface area contributed by atoms with Crippen LogP contribution in [0.5, 0.6) is 0 Å². The van der Waals surface area contributed by atoms with Crippen LogP contribution in [0.4, 0.5) is 0 Å². The van der Waals surface area contributed by atoms with Crippen molar-refractivity contribution >= 4 is 32.6 Å². The standard InChI is InChI=1S/C43H28N4/c1-4-16-29(17-5-1)40-35-25-11-10-22-32(35)36(28-39(40)47-37-26-14-12-23-33(37)34-24-13-15-27-38(34)47)43-45-41(30-18-6-2-7-19-30)44-42(46-43)31-20-8-3-9-21-31/h1-28H. The quantitative estimate of drug-likeness (QED) is 0.197. The van der Waals surface area contributed by atoms with Gasteiger partial charge in [-0.2, -0.15) is 0 Å². The molecule has 47 heavy (non-hydrogen) atoms. The van der Waals surface area contributed by atoms with E-state index in [2.05, 4.69) is 114 Å². The third kappa shape index (κ3) is 4.58. The molecule has 0 spiro atoms. The molecule has 0 atom stereocenters. The molecule has 2 aromatic heterocycles. The third-order valence-electron chi connectivity index (χ3n) is 8.85. The van der Waals surface area contributed by atoms with Crippen LogP contribution in [-0.2, 0) is 0 Å². The predicted molar refractivity (Wildman–Crippen MR) is 193 cm³/mol. The Morgan fingerprint density at radius 1 is 0.340 bits per heavy atom. The fraction of sp³-hybridized carbons (Fsp3) is 0. The van der Waals surface area contributed by atoms with Crippen LogP contribution in [0.15, 0.2) is 170 Å². The van der Waals surface area contributed by atoms with Crippen LogP contribution in [-0.4, -0.2) is 19.5 Å². The summed E-state index contributed by atoms with van der Waals surface area (Å²) in [7, 11) is 0. The maximum absolute atomic E-state index is 5.17. The van der Waals surface area contributed by atoms with Crippen LogP contribution < -0.4 is 0 Å². The fourth-order valence-corrected chi connectivity index (χ4v) is 6.74. The Hall–Kier alpha value is -6.39. The number of para-hydroxylation sites is 2. The van der Waals surface area contributed by atoms with Crippen molar-refractivity contribution in [2.75, 3.05) is 0 Å². The average molecular weight is 601 g/mol. The lowest BCUT2D eigenvalue weighted by atomic mass is 9.92. The highest BCUT2D eigenvalue weighted by Crippen LogP contribution is 2.43. The summed E-state index contributed by atoms with van der Waals surface area (Å²) in [6.45, 7) is 0. The molecule has 0 unspecified atom stereocenters. The summed E-state index contributed by atoms with van der Waals surface area (Å²) in [5, 5.41) is 4.65. The number of aromatic nitrogens is 4. The first-order valence-electron chi connectivity index (χ1n) is 15.8. The lowest BCUT2D eigenvalue weighted by Crippen LogP contribution is -2.03. The molecule has 4 heteroatoms. The molecule has 9 rings (SSSR count). The zero-order chi connectivity index (χ0) is 31.2. The van der Waals surface area contributed by atoms with Gasteiger partial charge in [-0.15, -0.1) is 0 Å². The normalized spacial score (nSPS) is 11.4. The van der Waals surface area contributed by atoms with Crippen molar-refractivity contribution in [2.24, 2.45) is 0 Å². The second kappa shape index (κ2) is 11.2. The molecule has 0 aliphatic heterocycles. The molecular formula is C43H28N4. The number of hydrogen-bond donors (Lipinski definition) is 0. The van der Waals surface area contributed by atoms with Gasteiger partial charge in [-0.1, -0.05) is 152 Å². The number of fused-ring (bicyclic) bond motifs is 4. The van der Waals surface area contributed by atoms with E-state index in [1.807, 2.05) is 60.7 Å². The van der Waals surface area contributed by atoms with Crippen molar-refractivity contribution in [3.63, 3.8) is 0 Å². The monoisotopic (exact) mass is 600 g/mol. The Morgan fingerprint density at radius 2 is 0.745 bits per heavy atom. The van der Waals surface area contributed by atoms with Crippen molar-refractivity contribution in [1.29, 1.82) is 0 Å². The number of nitrogens with zero attached hydrogens (tertiary/aromatic N) is 4. The van der Waals surface area contributed by atoms with E-state index < -0.39 is 0 Å². The topological polar surface area (TPSA) is 43.6 Å². The van der Waals surface area contributed by atoms with Crippen molar-refractivity contribution < 1.29 is 0 Å². The Labute approximate surface area is 272 Å². The summed E-state index contributed by atoms with van der Waals surface area (Å²) in [6, 6.07) is 59.2. The predicted octanol–water partition coefficient (Wildman–Crippen LogP) is 10.8. The van der Waals surface area contributed by atoms with Gasteiger partial charge in [-0.25, -0.2) is 15.0 Å². The van der Waals surface area contributed by atoms with Gasteiger partial charge in [0.1, 0.15) is 0 Å². The highest BCUT2D eigenvalue weighted by molar-refractivity contribution is 6.13. The lowest BCUT2D eigenvalue weighted by molar-refractivity contribution is 1.07. The van der Waals surface area contributed by atoms with E-state index in [0.29, 0.717) is 17.5 Å². The second-order valence-electron chi connectivity index (χ2n) is 11.6. The number of rotatable bonds is 5. The van der Waals surface area contributed by atoms with Gasteiger partial charge >= 0.3 is 0 Å². The molecule has 7 aromatic carbocycles. The van der Waals surface area contributed by atoms with Crippen LogP contribution in [0.3, 0.4) is 0 Å². The SMILES string of the molecule is c1ccc(-c2nc(-c3ccccc3)nc(-c3cc(-n4c5ccccc5c5ccccc54)c(-c4ccccc4)c4ccccc34)n2)cc1. The zero-order valence-electron chi connectivity index (χ0n) is 25.5. The van der Waals surface area contributed by atoms with Crippen molar-refractivity contribution in [3.8, 4) is 51.0 Å². The van der Waals surface area contributed by atoms with Gasteiger partial charge in [-0.05, 0) is 34.5 Å². The van der Waals surface area contributed by atoms with E-state index in [1.54, 1.807) is 0 Å². The smallest absolute Gasteiger partial charge is 0.164 e. The summed E-state index contributed by atoms with van der Waals surface area (Å²) in [5.41, 5.74) is 8.53. The van der Waals surface area contributed by atoms with Crippen molar-refractivity contribution in [1.82, 2.24) is 19.5 Å². The molecule has 0 fully saturated rings. The molecule has 0 radical (unpaired) electrons. The van der Waals surface area contributed by atoms with Gasteiger partial charge in [0.05, 0.1) is 16.7 Å². The van der Waals surface area contributed by atoms with E-state index in [0.717, 1.165) is 55.3 Å². The first kappa shape index (κ1) is 27.0. The second-order valence-corrected chi connectivity index (χ2v) is 11.6. The molecule has 0 N–H and O–H groups in total. The molecule has 0 saturated carbocycles. The Kier molecular flexibility index (Phi) is 6.43. The first-order chi connectivity index (χ1) is 23.3. The van der Waals surface area contributed by atoms with Gasteiger partial charge in [0.15, 0.2) is 17.5 Å². The molecule has 0 aliphatic rings. The van der Waals surface area contributed by atoms with Crippen LogP contribution in [0, 0.1) is 0 Å². The summed E-state index contributed by atoms with van der Waals surface area (Å²) in [6.07, 6.45) is 0. The maximum Gasteiger partial charge on any atom is 0.164 e. The molecular weight excluding hydrogens is 573 g/mol. The van der Waals surface area contributed by atoms with Crippen LogP contribution >= 0.6 is 0 Å². The van der Waals surface area contributed by atoms with E-state index >= 15 is 0 Å². The minimum Gasteiger partial charge on any atom is -0.309 e. The summed E-state index contributed by atoms with van der Waals surface area (Å²) >= 11 is 0. The molecule has 0 aliphatic carbocycles. The minimum atomic E-state index is 0.635. The first-order valence-corrected chi connectivity index (χ1v) is 15.8. The fourth-order valence-electron chi connectivity index (χ4n) is 6.74. The molecule has 4 nitrogen and oxygen atoms in total. The summed E-state index contributed by atoms with van der Waals surface area (Å²) in [5.74, 6) is 1.92. The van der Waals surface area contributed by atoms with E-state index in [-0.39, 0.29) is 0 Å². The Morgan fingerprint density at radius 3 is 1.28 bits per heavy atom. The van der Waals surface area contributed by atoms with E-state index in [1.165, 1.54) is 10.8 Å². The Balaban J connectivity index is 1.43. The number of hydrogen-bond acceptors (Lipinski definition) is 3. The molecule has 0 amide bonds. The summed E-state index contributed by atoms with van der Waals surface area (Å²) in [4.78, 5) is 15.3. The molecule has 9 aromatic rings. The van der Waals surface area contributed by atoms with Crippen LogP contribution in [0.1, 0.15) is 0 Å².